The average molecular weight is 437 g/mol. The molecule has 0 aromatic heterocycles. The molecule has 0 aliphatic carbocycles. The molecule has 168 valence electrons. The van der Waals surface area contributed by atoms with Crippen LogP contribution in [0.15, 0.2) is 59.3 Å². The van der Waals surface area contributed by atoms with Crippen LogP contribution >= 0.6 is 0 Å². The number of nitrogens with zero attached hydrogens (tertiary/aromatic N) is 1. The molecule has 0 N–H and O–H groups in total. The SMILES string of the molecule is COC(=O)C1=C(C)N(C(C)c2ccccc2)C(=O)/C1=C\c1ccc(OC)c(OC)c1OC. The highest BCUT2D eigenvalue weighted by Crippen LogP contribution is 2.43. The molecule has 2 aromatic carbocycles. The molecule has 0 radical (unpaired) electrons. The van der Waals surface area contributed by atoms with Crippen LogP contribution in [0.5, 0.6) is 17.2 Å². The first-order valence-electron chi connectivity index (χ1n) is 10.1. The van der Waals surface area contributed by atoms with E-state index < -0.39 is 5.97 Å². The van der Waals surface area contributed by atoms with Crippen LogP contribution in [0.25, 0.3) is 6.08 Å². The van der Waals surface area contributed by atoms with Crippen molar-refractivity contribution in [2.24, 2.45) is 0 Å². The summed E-state index contributed by atoms with van der Waals surface area (Å²) in [4.78, 5) is 27.8. The maximum atomic E-state index is 13.6. The molecule has 1 amide bonds. The fourth-order valence-corrected chi connectivity index (χ4v) is 3.94. The third kappa shape index (κ3) is 3.93. The van der Waals surface area contributed by atoms with Crippen molar-refractivity contribution in [1.29, 1.82) is 0 Å². The molecule has 3 rings (SSSR count). The van der Waals surface area contributed by atoms with Gasteiger partial charge in [0.1, 0.15) is 0 Å². The monoisotopic (exact) mass is 437 g/mol. The van der Waals surface area contributed by atoms with Crippen LogP contribution in [0.2, 0.25) is 0 Å². The minimum Gasteiger partial charge on any atom is -0.493 e. The molecule has 0 saturated heterocycles. The number of hydrogen-bond donors (Lipinski definition) is 0. The summed E-state index contributed by atoms with van der Waals surface area (Å²) < 4.78 is 21.3. The third-order valence-electron chi connectivity index (χ3n) is 5.53. The van der Waals surface area contributed by atoms with Gasteiger partial charge in [-0.1, -0.05) is 30.3 Å². The summed E-state index contributed by atoms with van der Waals surface area (Å²) in [5.41, 5.74) is 2.50. The van der Waals surface area contributed by atoms with E-state index in [-0.39, 0.29) is 23.1 Å². The lowest BCUT2D eigenvalue weighted by molar-refractivity contribution is -0.136. The van der Waals surface area contributed by atoms with E-state index in [0.29, 0.717) is 28.5 Å². The Morgan fingerprint density at radius 2 is 1.59 bits per heavy atom. The molecule has 7 nitrogen and oxygen atoms in total. The van der Waals surface area contributed by atoms with Crippen LogP contribution in [0, 0.1) is 0 Å². The van der Waals surface area contributed by atoms with Crippen LogP contribution in [0.3, 0.4) is 0 Å². The van der Waals surface area contributed by atoms with E-state index in [1.165, 1.54) is 28.4 Å². The van der Waals surface area contributed by atoms with E-state index >= 15 is 0 Å². The Hall–Kier alpha value is -3.74. The predicted molar refractivity (Wildman–Crippen MR) is 120 cm³/mol. The Morgan fingerprint density at radius 1 is 0.938 bits per heavy atom. The Balaban J connectivity index is 2.17. The number of carbonyl (C=O) groups excluding carboxylic acids is 2. The molecule has 7 heteroatoms. The molecule has 0 bridgehead atoms. The second kappa shape index (κ2) is 9.60. The van der Waals surface area contributed by atoms with Crippen molar-refractivity contribution in [3.63, 3.8) is 0 Å². The van der Waals surface area contributed by atoms with Gasteiger partial charge in [-0.25, -0.2) is 4.79 Å². The number of methoxy groups -OCH3 is 4. The summed E-state index contributed by atoms with van der Waals surface area (Å²) in [6, 6.07) is 12.8. The van der Waals surface area contributed by atoms with Crippen molar-refractivity contribution in [2.75, 3.05) is 28.4 Å². The highest BCUT2D eigenvalue weighted by atomic mass is 16.5. The molecule has 32 heavy (non-hydrogen) atoms. The number of hydrogen-bond acceptors (Lipinski definition) is 6. The summed E-state index contributed by atoms with van der Waals surface area (Å²) in [6.07, 6.45) is 1.62. The van der Waals surface area contributed by atoms with E-state index in [1.807, 2.05) is 37.3 Å². The normalized spacial score (nSPS) is 15.8. The number of amides is 1. The largest absolute Gasteiger partial charge is 0.493 e. The van der Waals surface area contributed by atoms with Crippen molar-refractivity contribution in [3.8, 4) is 17.2 Å². The van der Waals surface area contributed by atoms with Crippen LogP contribution in [0.4, 0.5) is 0 Å². The van der Waals surface area contributed by atoms with Crippen molar-refractivity contribution >= 4 is 18.0 Å². The molecule has 1 aliphatic heterocycles. The third-order valence-corrected chi connectivity index (χ3v) is 5.53. The Labute approximate surface area is 187 Å². The number of benzene rings is 2. The lowest BCUT2D eigenvalue weighted by Gasteiger charge is -2.26. The van der Waals surface area contributed by atoms with E-state index in [0.717, 1.165) is 5.56 Å². The van der Waals surface area contributed by atoms with Gasteiger partial charge in [-0.05, 0) is 37.6 Å². The van der Waals surface area contributed by atoms with Gasteiger partial charge >= 0.3 is 5.97 Å². The number of esters is 1. The highest BCUT2D eigenvalue weighted by Gasteiger charge is 2.39. The first-order valence-corrected chi connectivity index (χ1v) is 10.1. The Kier molecular flexibility index (Phi) is 6.88. The predicted octanol–water partition coefficient (Wildman–Crippen LogP) is 4.15. The average Bonchev–Trinajstić information content (AvgIpc) is 3.07. The van der Waals surface area contributed by atoms with Crippen molar-refractivity contribution in [2.45, 2.75) is 19.9 Å². The van der Waals surface area contributed by atoms with Crippen molar-refractivity contribution in [3.05, 3.63) is 70.4 Å². The molecule has 1 unspecified atom stereocenters. The summed E-state index contributed by atoms with van der Waals surface area (Å²) in [5.74, 6) is 0.400. The molecule has 1 atom stereocenters. The van der Waals surface area contributed by atoms with Gasteiger partial charge in [0, 0.05) is 11.3 Å². The van der Waals surface area contributed by atoms with Crippen LogP contribution < -0.4 is 14.2 Å². The maximum absolute atomic E-state index is 13.6. The molecule has 2 aromatic rings. The Morgan fingerprint density at radius 3 is 2.16 bits per heavy atom. The summed E-state index contributed by atoms with van der Waals surface area (Å²) in [7, 11) is 5.83. The van der Waals surface area contributed by atoms with Gasteiger partial charge in [-0.2, -0.15) is 0 Å². The summed E-state index contributed by atoms with van der Waals surface area (Å²) in [6.45, 7) is 3.67. The topological polar surface area (TPSA) is 74.3 Å². The molecule has 0 spiro atoms. The van der Waals surface area contributed by atoms with Gasteiger partial charge < -0.3 is 23.8 Å². The highest BCUT2D eigenvalue weighted by molar-refractivity contribution is 6.16. The number of carbonyl (C=O) groups is 2. The lowest BCUT2D eigenvalue weighted by atomic mass is 10.0. The zero-order valence-electron chi connectivity index (χ0n) is 19.1. The Bertz CT molecular complexity index is 1090. The molecular formula is C25H27NO6. The first-order chi connectivity index (χ1) is 15.4. The fourth-order valence-electron chi connectivity index (χ4n) is 3.94. The van der Waals surface area contributed by atoms with Gasteiger partial charge in [0.2, 0.25) is 5.75 Å². The van der Waals surface area contributed by atoms with Crippen LogP contribution in [0.1, 0.15) is 31.0 Å². The summed E-state index contributed by atoms with van der Waals surface area (Å²) >= 11 is 0. The van der Waals surface area contributed by atoms with Gasteiger partial charge in [0.15, 0.2) is 11.5 Å². The molecule has 0 saturated carbocycles. The second-order valence-electron chi connectivity index (χ2n) is 7.20. The van der Waals surface area contributed by atoms with E-state index in [9.17, 15) is 9.59 Å². The number of ether oxygens (including phenoxy) is 4. The van der Waals surface area contributed by atoms with E-state index in [2.05, 4.69) is 0 Å². The van der Waals surface area contributed by atoms with Crippen LogP contribution in [-0.2, 0) is 14.3 Å². The second-order valence-corrected chi connectivity index (χ2v) is 7.20. The molecular weight excluding hydrogens is 410 g/mol. The molecule has 1 heterocycles. The quantitative estimate of drug-likeness (QED) is 0.479. The smallest absolute Gasteiger partial charge is 0.340 e. The lowest BCUT2D eigenvalue weighted by Crippen LogP contribution is -2.28. The number of allylic oxidation sites excluding steroid dienone is 1. The zero-order chi connectivity index (χ0) is 23.4. The number of rotatable bonds is 7. The van der Waals surface area contributed by atoms with Crippen LogP contribution in [-0.4, -0.2) is 45.2 Å². The summed E-state index contributed by atoms with van der Waals surface area (Å²) in [5, 5.41) is 0. The standard InChI is InChI=1S/C25H27NO6/c1-15(17-10-8-7-9-11-17)26-16(2)21(25(28)32-6)19(24(26)27)14-18-12-13-20(29-3)23(31-5)22(18)30-4/h7-15H,1-6H3/b19-14-. The molecule has 1 aliphatic rings. The van der Waals surface area contributed by atoms with Crippen molar-refractivity contribution < 1.29 is 28.5 Å². The van der Waals surface area contributed by atoms with Gasteiger partial charge in [-0.15, -0.1) is 0 Å². The molecule has 0 fully saturated rings. The van der Waals surface area contributed by atoms with Gasteiger partial charge in [0.25, 0.3) is 5.91 Å². The minimum atomic E-state index is -0.579. The minimum absolute atomic E-state index is 0.220. The van der Waals surface area contributed by atoms with E-state index in [4.69, 9.17) is 18.9 Å². The van der Waals surface area contributed by atoms with E-state index in [1.54, 1.807) is 30.0 Å². The maximum Gasteiger partial charge on any atom is 0.340 e. The zero-order valence-corrected chi connectivity index (χ0v) is 19.1. The van der Waals surface area contributed by atoms with Gasteiger partial charge in [-0.3, -0.25) is 4.79 Å². The first kappa shape index (κ1) is 22.9. The fraction of sp³-hybridized carbons (Fsp3) is 0.280. The van der Waals surface area contributed by atoms with Gasteiger partial charge in [0.05, 0.1) is 45.6 Å². The van der Waals surface area contributed by atoms with Crippen molar-refractivity contribution in [1.82, 2.24) is 4.90 Å².